The van der Waals surface area contributed by atoms with Crippen molar-refractivity contribution in [2.45, 2.75) is 4.90 Å². The van der Waals surface area contributed by atoms with Crippen LogP contribution in [0.2, 0.25) is 0 Å². The number of sulfonamides is 1. The summed E-state index contributed by atoms with van der Waals surface area (Å²) in [5.74, 6) is 0.316. The van der Waals surface area contributed by atoms with Crippen LogP contribution in [0.1, 0.15) is 16.1 Å². The predicted molar refractivity (Wildman–Crippen MR) is 144 cm³/mol. The van der Waals surface area contributed by atoms with E-state index in [2.05, 4.69) is 20.0 Å². The van der Waals surface area contributed by atoms with Crippen molar-refractivity contribution in [3.8, 4) is 22.8 Å². The molecule has 0 aliphatic rings. The van der Waals surface area contributed by atoms with E-state index in [4.69, 9.17) is 4.74 Å². The molecular weight excluding hydrogens is 507 g/mol. The first kappa shape index (κ1) is 26.6. The minimum Gasteiger partial charge on any atom is -0.457 e. The second-order valence-electron chi connectivity index (χ2n) is 8.10. The van der Waals surface area contributed by atoms with Gasteiger partial charge in [0, 0.05) is 31.9 Å². The summed E-state index contributed by atoms with van der Waals surface area (Å²) in [7, 11) is -2.13. The summed E-state index contributed by atoms with van der Waals surface area (Å²) in [6.45, 7) is 0.0882. The van der Waals surface area contributed by atoms with Crippen molar-refractivity contribution in [2.24, 2.45) is 4.99 Å². The van der Waals surface area contributed by atoms with Crippen molar-refractivity contribution < 1.29 is 22.3 Å². The number of hydrogen-bond donors (Lipinski definition) is 2. The van der Waals surface area contributed by atoms with Crippen LogP contribution in [0, 0.1) is 5.82 Å². The number of nitrogens with zero attached hydrogens (tertiary/aromatic N) is 2. The molecule has 10 heteroatoms. The van der Waals surface area contributed by atoms with Gasteiger partial charge >= 0.3 is 0 Å². The Kier molecular flexibility index (Phi) is 8.57. The van der Waals surface area contributed by atoms with Crippen molar-refractivity contribution in [3.63, 3.8) is 0 Å². The summed E-state index contributed by atoms with van der Waals surface area (Å²) in [6.07, 6.45) is 1.57. The Labute approximate surface area is 220 Å². The number of carbonyl (C=O) groups is 1. The Bertz CT molecular complexity index is 1540. The van der Waals surface area contributed by atoms with E-state index in [9.17, 15) is 17.6 Å². The van der Waals surface area contributed by atoms with Crippen molar-refractivity contribution in [1.29, 1.82) is 0 Å². The normalized spacial score (nSPS) is 11.4. The van der Waals surface area contributed by atoms with Crippen LogP contribution in [0.3, 0.4) is 0 Å². The molecule has 1 amide bonds. The molecule has 1 aromatic heterocycles. The SMILES string of the molecule is CN=Cc1cccc(S(=O)(=O)NCCNC(=O)c2cccc(-c3ccc(Oc4ccc(F)cc4)cc3)n2)c1. The van der Waals surface area contributed by atoms with Crippen molar-refractivity contribution >= 4 is 22.1 Å². The lowest BCUT2D eigenvalue weighted by molar-refractivity contribution is 0.0949. The zero-order valence-corrected chi connectivity index (χ0v) is 21.3. The van der Waals surface area contributed by atoms with Gasteiger partial charge in [-0.2, -0.15) is 0 Å². The molecule has 0 aliphatic heterocycles. The van der Waals surface area contributed by atoms with Crippen LogP contribution in [-0.2, 0) is 10.0 Å². The number of carbonyl (C=O) groups excluding carboxylic acids is 1. The standard InChI is InChI=1S/C28H25FN4O4S/c1-30-19-20-4-2-5-25(18-20)38(35,36)32-17-16-31-28(34)27-7-3-6-26(33-27)21-8-12-23(13-9-21)37-24-14-10-22(29)11-15-24/h2-15,18-19,32H,16-17H2,1H3,(H,31,34). The van der Waals surface area contributed by atoms with Crippen LogP contribution in [0.5, 0.6) is 11.5 Å². The monoisotopic (exact) mass is 532 g/mol. The van der Waals surface area contributed by atoms with Crippen LogP contribution in [-0.4, -0.2) is 45.7 Å². The Morgan fingerprint density at radius 3 is 2.34 bits per heavy atom. The van der Waals surface area contributed by atoms with E-state index in [-0.39, 0.29) is 29.5 Å². The molecule has 0 bridgehead atoms. The largest absolute Gasteiger partial charge is 0.457 e. The number of pyridine rings is 1. The van der Waals surface area contributed by atoms with E-state index in [1.807, 2.05) is 0 Å². The molecule has 2 N–H and O–H groups in total. The molecule has 0 spiro atoms. The van der Waals surface area contributed by atoms with E-state index in [0.717, 1.165) is 5.56 Å². The van der Waals surface area contributed by atoms with Gasteiger partial charge in [0.2, 0.25) is 10.0 Å². The first-order valence-corrected chi connectivity index (χ1v) is 13.1. The smallest absolute Gasteiger partial charge is 0.269 e. The molecule has 0 radical (unpaired) electrons. The molecule has 0 unspecified atom stereocenters. The van der Waals surface area contributed by atoms with Gasteiger partial charge in [-0.25, -0.2) is 22.5 Å². The highest BCUT2D eigenvalue weighted by molar-refractivity contribution is 7.89. The number of hydrogen-bond acceptors (Lipinski definition) is 6. The van der Waals surface area contributed by atoms with E-state index in [1.165, 1.54) is 36.4 Å². The number of halogens is 1. The summed E-state index contributed by atoms with van der Waals surface area (Å²) >= 11 is 0. The van der Waals surface area contributed by atoms with Crippen LogP contribution in [0.4, 0.5) is 4.39 Å². The molecular formula is C28H25FN4O4S. The number of ether oxygens (including phenoxy) is 1. The number of amides is 1. The third-order valence-corrected chi connectivity index (χ3v) is 6.79. The van der Waals surface area contributed by atoms with Gasteiger partial charge in [0.15, 0.2) is 0 Å². The summed E-state index contributed by atoms with van der Waals surface area (Å²) in [4.78, 5) is 21.0. The molecule has 4 aromatic rings. The second kappa shape index (κ2) is 12.2. The molecule has 0 saturated carbocycles. The molecule has 38 heavy (non-hydrogen) atoms. The van der Waals surface area contributed by atoms with Gasteiger partial charge in [0.25, 0.3) is 5.91 Å². The zero-order chi connectivity index (χ0) is 27.0. The lowest BCUT2D eigenvalue weighted by Gasteiger charge is -2.09. The minimum atomic E-state index is -3.74. The average molecular weight is 533 g/mol. The first-order chi connectivity index (χ1) is 18.3. The molecule has 3 aromatic carbocycles. The summed E-state index contributed by atoms with van der Waals surface area (Å²) in [5.41, 5.74) is 2.23. The minimum absolute atomic E-state index is 0.00930. The predicted octanol–water partition coefficient (Wildman–Crippen LogP) is 4.44. The number of aliphatic imine (C=N–C) groups is 1. The fourth-order valence-electron chi connectivity index (χ4n) is 3.50. The number of benzene rings is 3. The third kappa shape index (κ3) is 7.09. The highest BCUT2D eigenvalue weighted by Crippen LogP contribution is 2.25. The van der Waals surface area contributed by atoms with Gasteiger partial charge in [-0.15, -0.1) is 0 Å². The number of nitrogens with one attached hydrogen (secondary N) is 2. The summed E-state index contributed by atoms with van der Waals surface area (Å²) < 4.78 is 46.3. The Morgan fingerprint density at radius 2 is 1.63 bits per heavy atom. The molecule has 194 valence electrons. The maximum Gasteiger partial charge on any atom is 0.269 e. The van der Waals surface area contributed by atoms with E-state index in [0.29, 0.717) is 22.8 Å². The molecule has 0 fully saturated rings. The quantitative estimate of drug-likeness (QED) is 0.232. The van der Waals surface area contributed by atoms with Crippen molar-refractivity contribution in [3.05, 3.63) is 108 Å². The van der Waals surface area contributed by atoms with Gasteiger partial charge < -0.3 is 10.1 Å². The third-order valence-electron chi connectivity index (χ3n) is 5.33. The summed E-state index contributed by atoms with van der Waals surface area (Å²) in [6, 6.07) is 24.3. The molecule has 1 heterocycles. The van der Waals surface area contributed by atoms with Crippen molar-refractivity contribution in [2.75, 3.05) is 20.1 Å². The molecule has 0 aliphatic carbocycles. The maximum absolute atomic E-state index is 13.1. The van der Waals surface area contributed by atoms with E-state index >= 15 is 0 Å². The highest BCUT2D eigenvalue weighted by Gasteiger charge is 2.14. The molecule has 4 rings (SSSR count). The van der Waals surface area contributed by atoms with Crippen molar-refractivity contribution in [1.82, 2.24) is 15.0 Å². The van der Waals surface area contributed by atoms with Gasteiger partial charge in [-0.05, 0) is 78.4 Å². The lowest BCUT2D eigenvalue weighted by atomic mass is 10.1. The van der Waals surface area contributed by atoms with Crippen LogP contribution >= 0.6 is 0 Å². The van der Waals surface area contributed by atoms with Gasteiger partial charge in [0.1, 0.15) is 23.0 Å². The summed E-state index contributed by atoms with van der Waals surface area (Å²) in [5, 5.41) is 2.68. The number of aromatic nitrogens is 1. The van der Waals surface area contributed by atoms with Gasteiger partial charge in [-0.1, -0.05) is 18.2 Å². The fourth-order valence-corrected chi connectivity index (χ4v) is 4.59. The maximum atomic E-state index is 13.1. The zero-order valence-electron chi connectivity index (χ0n) is 20.5. The topological polar surface area (TPSA) is 110 Å². The van der Waals surface area contributed by atoms with E-state index in [1.54, 1.807) is 67.9 Å². The lowest BCUT2D eigenvalue weighted by Crippen LogP contribution is -2.35. The Hall–Kier alpha value is -4.41. The number of rotatable bonds is 10. The highest BCUT2D eigenvalue weighted by atomic mass is 32.2. The molecule has 0 saturated heterocycles. The van der Waals surface area contributed by atoms with Gasteiger partial charge in [-0.3, -0.25) is 9.79 Å². The van der Waals surface area contributed by atoms with Gasteiger partial charge in [0.05, 0.1) is 10.6 Å². The van der Waals surface area contributed by atoms with Crippen LogP contribution in [0.15, 0.2) is 101 Å². The Morgan fingerprint density at radius 1 is 0.947 bits per heavy atom. The second-order valence-corrected chi connectivity index (χ2v) is 9.87. The molecule has 0 atom stereocenters. The van der Waals surface area contributed by atoms with Crippen LogP contribution < -0.4 is 14.8 Å². The molecule has 8 nitrogen and oxygen atoms in total. The Balaban J connectivity index is 1.32. The first-order valence-electron chi connectivity index (χ1n) is 11.6. The average Bonchev–Trinajstić information content (AvgIpc) is 2.93. The van der Waals surface area contributed by atoms with E-state index < -0.39 is 15.9 Å². The van der Waals surface area contributed by atoms with Crippen LogP contribution in [0.25, 0.3) is 11.3 Å². The fraction of sp³-hybridized carbons (Fsp3) is 0.107.